The van der Waals surface area contributed by atoms with Crippen LogP contribution in [-0.4, -0.2) is 40.2 Å². The first-order valence-electron chi connectivity index (χ1n) is 6.39. The number of anilines is 1. The molecule has 1 amide bonds. The predicted molar refractivity (Wildman–Crippen MR) is 70.2 cm³/mol. The standard InChI is InChI=1S/C12H21N5O/c1-3-9-10(13)11(12(14)18)15-17(9)7-8-5-4-6-16(8)2/h8H,3-7,13H2,1-2H3,(H2,14,18)/t8-/m1/s1. The number of likely N-dealkylation sites (N-methyl/N-ethyl adjacent to an activating group) is 1. The Morgan fingerprint density at radius 3 is 2.78 bits per heavy atom. The molecule has 6 heteroatoms. The average Bonchev–Trinajstić information content (AvgIpc) is 2.84. The second-order valence-corrected chi connectivity index (χ2v) is 4.89. The van der Waals surface area contributed by atoms with E-state index < -0.39 is 5.91 Å². The Morgan fingerprint density at radius 1 is 1.56 bits per heavy atom. The normalized spacial score (nSPS) is 20.4. The lowest BCUT2D eigenvalue weighted by molar-refractivity contribution is 0.0995. The van der Waals surface area contributed by atoms with Crippen LogP contribution in [0.3, 0.4) is 0 Å². The highest BCUT2D eigenvalue weighted by molar-refractivity contribution is 5.96. The summed E-state index contributed by atoms with van der Waals surface area (Å²) >= 11 is 0. The number of aromatic nitrogens is 2. The smallest absolute Gasteiger partial charge is 0.271 e. The molecule has 1 atom stereocenters. The number of nitrogens with zero attached hydrogens (tertiary/aromatic N) is 3. The van der Waals surface area contributed by atoms with Gasteiger partial charge in [0.25, 0.3) is 5.91 Å². The minimum atomic E-state index is -0.555. The summed E-state index contributed by atoms with van der Waals surface area (Å²) in [5.74, 6) is -0.555. The van der Waals surface area contributed by atoms with Crippen LogP contribution in [0.2, 0.25) is 0 Å². The topological polar surface area (TPSA) is 90.2 Å². The van der Waals surface area contributed by atoms with Crippen molar-refractivity contribution in [1.29, 1.82) is 0 Å². The number of hydrogen-bond donors (Lipinski definition) is 2. The highest BCUT2D eigenvalue weighted by Crippen LogP contribution is 2.21. The highest BCUT2D eigenvalue weighted by Gasteiger charge is 2.24. The van der Waals surface area contributed by atoms with E-state index in [1.165, 1.54) is 6.42 Å². The van der Waals surface area contributed by atoms with Crippen molar-refractivity contribution in [3.63, 3.8) is 0 Å². The van der Waals surface area contributed by atoms with Crippen LogP contribution >= 0.6 is 0 Å². The van der Waals surface area contributed by atoms with Crippen molar-refractivity contribution in [1.82, 2.24) is 14.7 Å². The van der Waals surface area contributed by atoms with Crippen LogP contribution in [0.4, 0.5) is 5.69 Å². The summed E-state index contributed by atoms with van der Waals surface area (Å²) < 4.78 is 1.85. The van der Waals surface area contributed by atoms with Crippen LogP contribution in [0.15, 0.2) is 0 Å². The van der Waals surface area contributed by atoms with Gasteiger partial charge >= 0.3 is 0 Å². The van der Waals surface area contributed by atoms with Gasteiger partial charge in [0.2, 0.25) is 0 Å². The van der Waals surface area contributed by atoms with Crippen molar-refractivity contribution in [3.05, 3.63) is 11.4 Å². The lowest BCUT2D eigenvalue weighted by Crippen LogP contribution is -2.30. The van der Waals surface area contributed by atoms with E-state index in [9.17, 15) is 4.79 Å². The summed E-state index contributed by atoms with van der Waals surface area (Å²) in [6, 6.07) is 0.468. The van der Waals surface area contributed by atoms with E-state index in [0.717, 1.165) is 31.6 Å². The molecule has 18 heavy (non-hydrogen) atoms. The molecular formula is C12H21N5O. The number of rotatable bonds is 4. The summed E-state index contributed by atoms with van der Waals surface area (Å²) in [6.07, 6.45) is 3.12. The van der Waals surface area contributed by atoms with Crippen LogP contribution in [-0.2, 0) is 13.0 Å². The maximum absolute atomic E-state index is 11.3. The van der Waals surface area contributed by atoms with Gasteiger partial charge in [-0.2, -0.15) is 5.10 Å². The molecule has 2 rings (SSSR count). The Hall–Kier alpha value is -1.56. The SMILES string of the molecule is CCc1c(N)c(C(N)=O)nn1C[C@H]1CCCN1C. The number of hydrogen-bond acceptors (Lipinski definition) is 4. The first kappa shape index (κ1) is 12.9. The zero-order valence-corrected chi connectivity index (χ0v) is 11.0. The van der Waals surface area contributed by atoms with E-state index in [0.29, 0.717) is 11.7 Å². The molecule has 0 saturated carbocycles. The molecule has 1 saturated heterocycles. The lowest BCUT2D eigenvalue weighted by atomic mass is 10.2. The van der Waals surface area contributed by atoms with Gasteiger partial charge in [0, 0.05) is 6.04 Å². The Bertz CT molecular complexity index is 454. The molecule has 1 aromatic rings. The van der Waals surface area contributed by atoms with E-state index in [4.69, 9.17) is 11.5 Å². The summed E-state index contributed by atoms with van der Waals surface area (Å²) in [6.45, 7) is 3.90. The molecule has 4 N–H and O–H groups in total. The highest BCUT2D eigenvalue weighted by atomic mass is 16.1. The first-order valence-corrected chi connectivity index (χ1v) is 6.39. The summed E-state index contributed by atoms with van der Waals surface area (Å²) in [5.41, 5.74) is 12.8. The van der Waals surface area contributed by atoms with Gasteiger partial charge in [-0.25, -0.2) is 0 Å². The number of nitrogens with two attached hydrogens (primary N) is 2. The molecule has 0 spiro atoms. The van der Waals surface area contributed by atoms with E-state index >= 15 is 0 Å². The van der Waals surface area contributed by atoms with Gasteiger partial charge in [0.15, 0.2) is 5.69 Å². The largest absolute Gasteiger partial charge is 0.395 e. The molecule has 1 fully saturated rings. The first-order chi connectivity index (χ1) is 8.54. The van der Waals surface area contributed by atoms with Gasteiger partial charge in [-0.05, 0) is 32.9 Å². The number of nitrogen functional groups attached to an aromatic ring is 1. The van der Waals surface area contributed by atoms with Crippen molar-refractivity contribution in [2.75, 3.05) is 19.3 Å². The molecule has 0 aromatic carbocycles. The Labute approximate surface area is 107 Å². The quantitative estimate of drug-likeness (QED) is 0.801. The lowest BCUT2D eigenvalue weighted by Gasteiger charge is -2.20. The predicted octanol–water partition coefficient (Wildman–Crippen LogP) is 0.221. The maximum atomic E-state index is 11.3. The molecule has 2 heterocycles. The molecule has 0 bridgehead atoms. The molecule has 0 aliphatic carbocycles. The summed E-state index contributed by atoms with van der Waals surface area (Å²) in [7, 11) is 2.12. The second-order valence-electron chi connectivity index (χ2n) is 4.89. The van der Waals surface area contributed by atoms with Gasteiger partial charge in [-0.3, -0.25) is 9.48 Å². The van der Waals surface area contributed by atoms with Gasteiger partial charge in [0.05, 0.1) is 17.9 Å². The molecule has 0 radical (unpaired) electrons. The number of carbonyl (C=O) groups is 1. The van der Waals surface area contributed by atoms with Crippen molar-refractivity contribution in [3.8, 4) is 0 Å². The third-order valence-electron chi connectivity index (χ3n) is 3.72. The molecule has 100 valence electrons. The summed E-state index contributed by atoms with van der Waals surface area (Å²) in [5, 5.41) is 4.27. The van der Waals surface area contributed by atoms with Gasteiger partial charge in [-0.1, -0.05) is 6.92 Å². The van der Waals surface area contributed by atoms with E-state index in [2.05, 4.69) is 17.0 Å². The zero-order valence-electron chi connectivity index (χ0n) is 11.0. The van der Waals surface area contributed by atoms with Crippen LogP contribution in [0.25, 0.3) is 0 Å². The monoisotopic (exact) mass is 251 g/mol. The molecule has 6 nitrogen and oxygen atoms in total. The fraction of sp³-hybridized carbons (Fsp3) is 0.667. The Kier molecular flexibility index (Phi) is 3.56. The zero-order chi connectivity index (χ0) is 13.3. The minimum absolute atomic E-state index is 0.201. The van der Waals surface area contributed by atoms with Crippen molar-refractivity contribution in [2.45, 2.75) is 38.8 Å². The van der Waals surface area contributed by atoms with Gasteiger partial charge in [-0.15, -0.1) is 0 Å². The third-order valence-corrected chi connectivity index (χ3v) is 3.72. The average molecular weight is 251 g/mol. The number of likely N-dealkylation sites (tertiary alicyclic amines) is 1. The maximum Gasteiger partial charge on any atom is 0.271 e. The van der Waals surface area contributed by atoms with Crippen LogP contribution < -0.4 is 11.5 Å². The Morgan fingerprint density at radius 2 is 2.28 bits per heavy atom. The van der Waals surface area contributed by atoms with Crippen LogP contribution in [0, 0.1) is 0 Å². The second kappa shape index (κ2) is 4.97. The van der Waals surface area contributed by atoms with Crippen molar-refractivity contribution >= 4 is 11.6 Å². The van der Waals surface area contributed by atoms with Crippen molar-refractivity contribution < 1.29 is 4.79 Å². The van der Waals surface area contributed by atoms with E-state index in [-0.39, 0.29) is 5.69 Å². The fourth-order valence-electron chi connectivity index (χ4n) is 2.63. The number of carbonyl (C=O) groups excluding carboxylic acids is 1. The fourth-order valence-corrected chi connectivity index (χ4v) is 2.63. The molecule has 0 unspecified atom stereocenters. The number of primary amides is 1. The number of amides is 1. The molecular weight excluding hydrogens is 230 g/mol. The van der Waals surface area contributed by atoms with Gasteiger partial charge in [0.1, 0.15) is 0 Å². The summed E-state index contributed by atoms with van der Waals surface area (Å²) in [4.78, 5) is 13.6. The molecule has 1 aliphatic rings. The van der Waals surface area contributed by atoms with E-state index in [1.54, 1.807) is 0 Å². The third kappa shape index (κ3) is 2.20. The minimum Gasteiger partial charge on any atom is -0.395 e. The van der Waals surface area contributed by atoms with E-state index in [1.807, 2.05) is 11.6 Å². The van der Waals surface area contributed by atoms with Crippen LogP contribution in [0.1, 0.15) is 35.9 Å². The van der Waals surface area contributed by atoms with Crippen LogP contribution in [0.5, 0.6) is 0 Å². The molecule has 1 aliphatic heterocycles. The molecule has 1 aromatic heterocycles. The Balaban J connectivity index is 2.26. The van der Waals surface area contributed by atoms with Gasteiger partial charge < -0.3 is 16.4 Å². The van der Waals surface area contributed by atoms with Crippen molar-refractivity contribution in [2.24, 2.45) is 5.73 Å².